The zero-order valence-corrected chi connectivity index (χ0v) is 26.7. The predicted octanol–water partition coefficient (Wildman–Crippen LogP) is 4.59. The summed E-state index contributed by atoms with van der Waals surface area (Å²) in [6, 6.07) is 11.1. The van der Waals surface area contributed by atoms with Gasteiger partial charge in [-0.1, -0.05) is 11.6 Å². The number of halogens is 3. The van der Waals surface area contributed by atoms with E-state index in [1.165, 1.54) is 27.4 Å². The molecule has 45 heavy (non-hydrogen) atoms. The predicted molar refractivity (Wildman–Crippen MR) is 163 cm³/mol. The van der Waals surface area contributed by atoms with Gasteiger partial charge >= 0.3 is 6.09 Å². The zero-order valence-electron chi connectivity index (χ0n) is 25.1. The van der Waals surface area contributed by atoms with Crippen molar-refractivity contribution in [3.05, 3.63) is 52.0 Å². The third kappa shape index (κ3) is 7.38. The molecule has 3 atom stereocenters. The molecular weight excluding hydrogens is 632 g/mol. The van der Waals surface area contributed by atoms with E-state index in [9.17, 15) is 23.1 Å². The number of pyridine rings is 1. The summed E-state index contributed by atoms with van der Waals surface area (Å²) in [5, 5.41) is 9.16. The van der Waals surface area contributed by atoms with Gasteiger partial charge in [0.15, 0.2) is 0 Å². The van der Waals surface area contributed by atoms with Crippen LogP contribution in [0, 0.1) is 23.8 Å². The van der Waals surface area contributed by atoms with Crippen molar-refractivity contribution in [2.45, 2.75) is 50.0 Å². The molecule has 3 fully saturated rings. The normalized spacial score (nSPS) is 22.6. The van der Waals surface area contributed by atoms with Gasteiger partial charge in [0.2, 0.25) is 15.9 Å². The van der Waals surface area contributed by atoms with Crippen LogP contribution in [0.15, 0.2) is 41.3 Å². The highest BCUT2D eigenvalue weighted by atomic mass is 35.5. The third-order valence-electron chi connectivity index (χ3n) is 7.99. The quantitative estimate of drug-likeness (QED) is 0.426. The monoisotopic (exact) mass is 666 g/mol. The van der Waals surface area contributed by atoms with Crippen LogP contribution in [0.25, 0.3) is 4.85 Å². The molecule has 5 rings (SSSR count). The molecule has 2 saturated heterocycles. The lowest BCUT2D eigenvalue weighted by Crippen LogP contribution is -2.49. The zero-order chi connectivity index (χ0) is 32.7. The number of anilines is 2. The first-order valence-corrected chi connectivity index (χ1v) is 16.4. The smallest absolute Gasteiger partial charge is 0.396 e. The minimum absolute atomic E-state index is 0.0478. The molecule has 15 heteroatoms. The molecule has 2 aromatic rings. The standard InChI is InChI=1S/C30H35ClF2N5O6S/c1-29(2,3)44-28(41)34-16-19-12-27(40)38(17-19)22-4-6-23(7-5-22)45(42,43)37-10-8-36(9-11-37)26-15-21(14-25(31)35-26)30(32,33)24-13-20(24)18-39/h4-7,14-15,19-20,24,39H,8-13,17-18H2,1-3H3/q+1/t19?,20-,24+/m0/s1. The summed E-state index contributed by atoms with van der Waals surface area (Å²) in [5.41, 5.74) is -0.472. The number of hydrogen-bond acceptors (Lipinski definition) is 8. The molecule has 1 aromatic heterocycles. The van der Waals surface area contributed by atoms with Gasteiger partial charge in [0.05, 0.1) is 9.74 Å². The second-order valence-electron chi connectivity index (χ2n) is 12.5. The van der Waals surface area contributed by atoms with Crippen LogP contribution in [0.1, 0.15) is 39.2 Å². The summed E-state index contributed by atoms with van der Waals surface area (Å²) in [6.45, 7) is 5.70. The minimum Gasteiger partial charge on any atom is -0.396 e. The molecule has 0 radical (unpaired) electrons. The minimum atomic E-state index is -3.88. The number of alkyl halides is 2. The fourth-order valence-corrected chi connectivity index (χ4v) is 7.15. The summed E-state index contributed by atoms with van der Waals surface area (Å²) < 4.78 is 63.3. The van der Waals surface area contributed by atoms with Crippen LogP contribution < -0.4 is 9.80 Å². The van der Waals surface area contributed by atoms with E-state index in [0.29, 0.717) is 5.69 Å². The maximum Gasteiger partial charge on any atom is 0.728 e. The molecule has 0 bridgehead atoms. The number of carbonyl (C=O) groups excluding carboxylic acids is 2. The van der Waals surface area contributed by atoms with Gasteiger partial charge in [-0.3, -0.25) is 4.79 Å². The molecule has 1 aliphatic carbocycles. The summed E-state index contributed by atoms with van der Waals surface area (Å²) in [7, 11) is -3.88. The molecule has 242 valence electrons. The number of hydrogen-bond donors (Lipinski definition) is 1. The summed E-state index contributed by atoms with van der Waals surface area (Å²) >= 11 is 6.10. The molecule has 0 spiro atoms. The number of aliphatic hydroxyl groups is 1. The van der Waals surface area contributed by atoms with Crippen molar-refractivity contribution < 1.29 is 36.6 Å². The number of sulfonamides is 1. The first kappa shape index (κ1) is 33.0. The van der Waals surface area contributed by atoms with Gasteiger partial charge in [-0.2, -0.15) is 9.10 Å². The lowest BCUT2D eigenvalue weighted by Gasteiger charge is -2.35. The van der Waals surface area contributed by atoms with Crippen LogP contribution in [-0.4, -0.2) is 79.7 Å². The number of benzene rings is 1. The van der Waals surface area contributed by atoms with Crippen LogP contribution >= 0.6 is 11.6 Å². The van der Waals surface area contributed by atoms with Crippen LogP contribution in [-0.2, 0) is 25.5 Å². The number of aliphatic hydroxyl groups excluding tert-OH is 1. The van der Waals surface area contributed by atoms with Crippen molar-refractivity contribution in [3.8, 4) is 6.07 Å². The van der Waals surface area contributed by atoms with Gasteiger partial charge in [0, 0.05) is 62.9 Å². The van der Waals surface area contributed by atoms with Crippen LogP contribution in [0.4, 0.5) is 25.1 Å². The molecular formula is C30H35ClF2N5O6S+. The number of nitrogens with zero attached hydrogens (tertiary/aromatic N) is 5. The van der Waals surface area contributed by atoms with Crippen molar-refractivity contribution in [1.82, 2.24) is 9.29 Å². The molecule has 11 nitrogen and oxygen atoms in total. The van der Waals surface area contributed by atoms with Gasteiger partial charge in [0.25, 0.3) is 12.0 Å². The van der Waals surface area contributed by atoms with Gasteiger partial charge < -0.3 is 19.6 Å². The maximum atomic E-state index is 15.0. The fourth-order valence-electron chi connectivity index (χ4n) is 5.52. The second kappa shape index (κ2) is 12.4. The maximum absolute atomic E-state index is 15.0. The number of ether oxygens (including phenoxy) is 1. The number of piperazine rings is 1. The summed E-state index contributed by atoms with van der Waals surface area (Å²) in [5.74, 6) is -4.97. The third-order valence-corrected chi connectivity index (χ3v) is 10.1. The Labute approximate surface area is 265 Å². The van der Waals surface area contributed by atoms with E-state index in [4.69, 9.17) is 16.3 Å². The molecule has 3 heterocycles. The van der Waals surface area contributed by atoms with E-state index in [2.05, 4.69) is 15.9 Å². The Morgan fingerprint density at radius 2 is 1.82 bits per heavy atom. The summed E-state index contributed by atoms with van der Waals surface area (Å²) in [6.07, 6.45) is -0.459. The highest BCUT2D eigenvalue weighted by Crippen LogP contribution is 2.54. The Morgan fingerprint density at radius 1 is 1.16 bits per heavy atom. The van der Waals surface area contributed by atoms with E-state index >= 15 is 8.78 Å². The van der Waals surface area contributed by atoms with E-state index in [-0.39, 0.29) is 79.5 Å². The lowest BCUT2D eigenvalue weighted by atomic mass is 10.0. The van der Waals surface area contributed by atoms with Crippen LogP contribution in [0.5, 0.6) is 0 Å². The highest BCUT2D eigenvalue weighted by molar-refractivity contribution is 7.89. The Kier molecular flexibility index (Phi) is 9.12. The molecule has 2 amide bonds. The van der Waals surface area contributed by atoms with Gasteiger partial charge in [-0.25, -0.2) is 22.2 Å². The van der Waals surface area contributed by atoms with Gasteiger partial charge in [-0.05, 0) is 69.5 Å². The van der Waals surface area contributed by atoms with Crippen molar-refractivity contribution >= 4 is 45.1 Å². The summed E-state index contributed by atoms with van der Waals surface area (Å²) in [4.78, 5) is 35.6. The number of aromatic nitrogens is 1. The average Bonchev–Trinajstić information content (AvgIpc) is 3.70. The molecule has 1 unspecified atom stereocenters. The molecule has 1 N–H and O–H groups in total. The molecule has 1 saturated carbocycles. The second-order valence-corrected chi connectivity index (χ2v) is 14.8. The Hall–Kier alpha value is -3.38. The van der Waals surface area contributed by atoms with E-state index in [1.54, 1.807) is 37.8 Å². The SMILES string of the molecule is CC(C)(C)OC(=O)[N+]#CC1CC(=O)N(c2ccc(S(=O)(=O)N3CCN(c4cc(C(F)(F)[C@@H]5C[C@H]5CO)cc(Cl)n4)CC3)cc2)C1. The first-order chi connectivity index (χ1) is 21.1. The topological polar surface area (TPSA) is 125 Å². The fraction of sp³-hybridized carbons (Fsp3) is 0.533. The van der Waals surface area contributed by atoms with Crippen molar-refractivity contribution in [3.63, 3.8) is 0 Å². The molecule has 2 aliphatic heterocycles. The Balaban J connectivity index is 1.21. The highest BCUT2D eigenvalue weighted by Gasteiger charge is 2.55. The van der Waals surface area contributed by atoms with Gasteiger partial charge in [-0.15, -0.1) is 0 Å². The Bertz CT molecular complexity index is 1630. The number of carbonyl (C=O) groups is 2. The number of amides is 2. The van der Waals surface area contributed by atoms with Crippen LogP contribution in [0.3, 0.4) is 0 Å². The van der Waals surface area contributed by atoms with Crippen LogP contribution in [0.2, 0.25) is 5.15 Å². The Morgan fingerprint density at radius 3 is 2.42 bits per heavy atom. The van der Waals surface area contributed by atoms with Gasteiger partial charge in [0.1, 0.15) is 22.5 Å². The van der Waals surface area contributed by atoms with Crippen molar-refractivity contribution in [1.29, 1.82) is 0 Å². The van der Waals surface area contributed by atoms with Crippen molar-refractivity contribution in [2.75, 3.05) is 49.1 Å². The average molecular weight is 667 g/mol. The largest absolute Gasteiger partial charge is 0.728 e. The van der Waals surface area contributed by atoms with E-state index in [1.807, 2.05) is 0 Å². The van der Waals surface area contributed by atoms with E-state index < -0.39 is 45.4 Å². The van der Waals surface area contributed by atoms with Crippen molar-refractivity contribution in [2.24, 2.45) is 17.8 Å². The lowest BCUT2D eigenvalue weighted by molar-refractivity contribution is -0.117. The van der Waals surface area contributed by atoms with E-state index in [0.717, 1.165) is 6.07 Å². The molecule has 1 aromatic carbocycles. The first-order valence-electron chi connectivity index (χ1n) is 14.6. The molecule has 3 aliphatic rings. The number of rotatable bonds is 7.